The standard InChI is InChI=1S/C24H19ClN6O2/c1-14(32)16-11-26-22-20(16)23(28-13-27-22)30-10-8-18(30)19-12-29-9-7-17(25)21(29)24(33)31(19)15-5-3-2-4-6-15/h2-7,9,11-13,18H,8,10H2,1H3,(H,26,27,28)/t18-/m0/s1. The minimum atomic E-state index is -0.181. The van der Waals surface area contributed by atoms with Gasteiger partial charge in [0.1, 0.15) is 23.3 Å². The summed E-state index contributed by atoms with van der Waals surface area (Å²) < 4.78 is 3.50. The highest BCUT2D eigenvalue weighted by Crippen LogP contribution is 2.40. The number of hydrogen-bond acceptors (Lipinski definition) is 5. The molecule has 4 aromatic heterocycles. The van der Waals surface area contributed by atoms with Crippen molar-refractivity contribution in [2.75, 3.05) is 11.4 Å². The monoisotopic (exact) mass is 458 g/mol. The van der Waals surface area contributed by atoms with E-state index in [2.05, 4.69) is 19.9 Å². The first-order chi connectivity index (χ1) is 16.0. The number of aromatic amines is 1. The van der Waals surface area contributed by atoms with Crippen LogP contribution >= 0.6 is 11.6 Å². The number of carbonyl (C=O) groups is 1. The number of benzene rings is 1. The molecular weight excluding hydrogens is 440 g/mol. The third-order valence-corrected chi connectivity index (χ3v) is 6.58. The lowest BCUT2D eigenvalue weighted by Gasteiger charge is -2.43. The number of para-hydroxylation sites is 1. The van der Waals surface area contributed by atoms with E-state index in [0.717, 1.165) is 24.3 Å². The number of nitrogens with zero attached hydrogens (tertiary/aromatic N) is 5. The van der Waals surface area contributed by atoms with Gasteiger partial charge in [0.05, 0.1) is 22.1 Å². The van der Waals surface area contributed by atoms with Gasteiger partial charge < -0.3 is 14.3 Å². The summed E-state index contributed by atoms with van der Waals surface area (Å²) in [7, 11) is 0. The van der Waals surface area contributed by atoms with Gasteiger partial charge in [0.2, 0.25) is 0 Å². The topological polar surface area (TPSA) is 88.3 Å². The second kappa shape index (κ2) is 7.31. The summed E-state index contributed by atoms with van der Waals surface area (Å²) in [6.45, 7) is 2.27. The molecule has 1 aliphatic rings. The molecule has 1 aromatic carbocycles. The molecule has 1 aliphatic heterocycles. The fraction of sp³-hybridized carbons (Fsp3) is 0.167. The van der Waals surface area contributed by atoms with Gasteiger partial charge in [-0.2, -0.15) is 0 Å². The smallest absolute Gasteiger partial charge is 0.281 e. The number of fused-ring (bicyclic) bond motifs is 2. The minimum absolute atomic E-state index is 0.0565. The number of nitrogens with one attached hydrogen (secondary N) is 1. The number of hydrogen-bond donors (Lipinski definition) is 1. The Kier molecular flexibility index (Phi) is 4.38. The number of H-pyrrole nitrogens is 1. The van der Waals surface area contributed by atoms with E-state index in [4.69, 9.17) is 11.6 Å². The molecule has 1 N–H and O–H groups in total. The molecule has 0 radical (unpaired) electrons. The number of halogens is 1. The Bertz CT molecular complexity index is 1600. The third-order valence-electron chi connectivity index (χ3n) is 6.28. The maximum atomic E-state index is 13.6. The predicted octanol–water partition coefficient (Wildman–Crippen LogP) is 4.17. The van der Waals surface area contributed by atoms with E-state index in [1.807, 2.05) is 36.5 Å². The summed E-state index contributed by atoms with van der Waals surface area (Å²) in [5.74, 6) is 0.624. The van der Waals surface area contributed by atoms with Crippen molar-refractivity contribution < 1.29 is 4.79 Å². The average Bonchev–Trinajstić information content (AvgIpc) is 3.38. The van der Waals surface area contributed by atoms with Crippen molar-refractivity contribution in [3.8, 4) is 5.69 Å². The fourth-order valence-electron chi connectivity index (χ4n) is 4.63. The summed E-state index contributed by atoms with van der Waals surface area (Å²) in [4.78, 5) is 39.8. The molecule has 5 heterocycles. The number of carbonyl (C=O) groups excluding carboxylic acids is 1. The number of anilines is 1. The zero-order valence-corrected chi connectivity index (χ0v) is 18.5. The van der Waals surface area contributed by atoms with E-state index in [1.165, 1.54) is 13.3 Å². The zero-order chi connectivity index (χ0) is 22.7. The second-order valence-electron chi connectivity index (χ2n) is 8.13. The molecule has 9 heteroatoms. The van der Waals surface area contributed by atoms with Gasteiger partial charge in [0, 0.05) is 36.4 Å². The molecule has 0 spiro atoms. The van der Waals surface area contributed by atoms with Crippen LogP contribution in [0.4, 0.5) is 5.82 Å². The van der Waals surface area contributed by atoms with Crippen LogP contribution in [0.1, 0.15) is 35.4 Å². The van der Waals surface area contributed by atoms with Crippen LogP contribution in [0.3, 0.4) is 0 Å². The van der Waals surface area contributed by atoms with Gasteiger partial charge in [-0.05, 0) is 31.5 Å². The highest BCUT2D eigenvalue weighted by molar-refractivity contribution is 6.33. The maximum Gasteiger partial charge on any atom is 0.281 e. The molecule has 5 aromatic rings. The summed E-state index contributed by atoms with van der Waals surface area (Å²) in [6.07, 6.45) is 7.75. The van der Waals surface area contributed by atoms with Crippen LogP contribution in [0.2, 0.25) is 5.02 Å². The number of rotatable bonds is 4. The SMILES string of the molecule is CC(=O)c1c[nH]c2ncnc(N3CC[C@H]3c3cn4ccc(Cl)c4c(=O)n3-c3ccccc3)c12. The molecular formula is C24H19ClN6O2. The van der Waals surface area contributed by atoms with Crippen LogP contribution in [-0.4, -0.2) is 36.2 Å². The molecule has 164 valence electrons. The zero-order valence-electron chi connectivity index (χ0n) is 17.7. The number of Topliss-reactive ketones (excluding diaryl/α,β-unsaturated/α-hetero) is 1. The Hall–Kier alpha value is -3.91. The van der Waals surface area contributed by atoms with Gasteiger partial charge >= 0.3 is 0 Å². The van der Waals surface area contributed by atoms with Crippen LogP contribution < -0.4 is 10.5 Å². The van der Waals surface area contributed by atoms with E-state index in [-0.39, 0.29) is 17.4 Å². The molecule has 6 rings (SSSR count). The Balaban J connectivity index is 1.57. The predicted molar refractivity (Wildman–Crippen MR) is 127 cm³/mol. The lowest BCUT2D eigenvalue weighted by molar-refractivity contribution is 0.101. The Morgan fingerprint density at radius 2 is 2.00 bits per heavy atom. The number of ketones is 1. The minimum Gasteiger partial charge on any atom is -0.347 e. The van der Waals surface area contributed by atoms with Crippen molar-refractivity contribution in [2.45, 2.75) is 19.4 Å². The maximum absolute atomic E-state index is 13.6. The van der Waals surface area contributed by atoms with Gasteiger partial charge in [0.25, 0.3) is 5.56 Å². The van der Waals surface area contributed by atoms with Crippen LogP contribution in [0.5, 0.6) is 0 Å². The first kappa shape index (κ1) is 19.8. The molecule has 33 heavy (non-hydrogen) atoms. The molecule has 0 aliphatic carbocycles. The summed E-state index contributed by atoms with van der Waals surface area (Å²) >= 11 is 6.34. The van der Waals surface area contributed by atoms with Crippen LogP contribution in [-0.2, 0) is 0 Å². The van der Waals surface area contributed by atoms with E-state index in [0.29, 0.717) is 33.0 Å². The van der Waals surface area contributed by atoms with Gasteiger partial charge in [-0.1, -0.05) is 29.8 Å². The molecule has 0 unspecified atom stereocenters. The van der Waals surface area contributed by atoms with Crippen LogP contribution in [0.15, 0.2) is 66.1 Å². The molecule has 1 atom stereocenters. The highest BCUT2D eigenvalue weighted by atomic mass is 35.5. The van der Waals surface area contributed by atoms with Crippen molar-refractivity contribution >= 4 is 39.8 Å². The molecule has 0 bridgehead atoms. The van der Waals surface area contributed by atoms with E-state index in [9.17, 15) is 9.59 Å². The summed E-state index contributed by atoms with van der Waals surface area (Å²) in [5.41, 5.74) is 3.01. The Morgan fingerprint density at radius 1 is 1.18 bits per heavy atom. The van der Waals surface area contributed by atoms with Gasteiger partial charge in [-0.25, -0.2) is 9.97 Å². The normalized spacial score (nSPS) is 15.8. The second-order valence-corrected chi connectivity index (χ2v) is 8.53. The fourth-order valence-corrected chi connectivity index (χ4v) is 4.87. The molecule has 0 amide bonds. The van der Waals surface area contributed by atoms with Crippen molar-refractivity contribution in [1.29, 1.82) is 0 Å². The van der Waals surface area contributed by atoms with E-state index >= 15 is 0 Å². The molecule has 1 saturated heterocycles. The van der Waals surface area contributed by atoms with Crippen molar-refractivity contribution in [3.05, 3.63) is 87.9 Å². The van der Waals surface area contributed by atoms with Gasteiger partial charge in [-0.15, -0.1) is 0 Å². The van der Waals surface area contributed by atoms with Crippen LogP contribution in [0.25, 0.3) is 22.2 Å². The summed E-state index contributed by atoms with van der Waals surface area (Å²) in [6, 6.07) is 11.1. The quantitative estimate of drug-likeness (QED) is 0.408. The molecule has 1 fully saturated rings. The number of aromatic nitrogens is 5. The third kappa shape index (κ3) is 2.91. The highest BCUT2D eigenvalue weighted by Gasteiger charge is 2.36. The first-order valence-electron chi connectivity index (χ1n) is 10.6. The first-order valence-corrected chi connectivity index (χ1v) is 11.0. The Morgan fingerprint density at radius 3 is 2.73 bits per heavy atom. The lowest BCUT2D eigenvalue weighted by atomic mass is 9.98. The largest absolute Gasteiger partial charge is 0.347 e. The Labute approximate surface area is 193 Å². The van der Waals surface area contributed by atoms with Crippen molar-refractivity contribution in [1.82, 2.24) is 23.9 Å². The lowest BCUT2D eigenvalue weighted by Crippen LogP contribution is -2.44. The van der Waals surface area contributed by atoms with E-state index in [1.54, 1.807) is 27.4 Å². The average molecular weight is 459 g/mol. The van der Waals surface area contributed by atoms with E-state index < -0.39 is 0 Å². The molecule has 8 nitrogen and oxygen atoms in total. The molecule has 0 saturated carbocycles. The summed E-state index contributed by atoms with van der Waals surface area (Å²) in [5, 5.41) is 1.12. The van der Waals surface area contributed by atoms with Crippen LogP contribution in [0, 0.1) is 0 Å². The van der Waals surface area contributed by atoms with Crippen molar-refractivity contribution in [2.24, 2.45) is 0 Å². The van der Waals surface area contributed by atoms with Gasteiger partial charge in [0.15, 0.2) is 5.78 Å². The van der Waals surface area contributed by atoms with Gasteiger partial charge in [-0.3, -0.25) is 14.2 Å². The van der Waals surface area contributed by atoms with Crippen molar-refractivity contribution in [3.63, 3.8) is 0 Å².